The van der Waals surface area contributed by atoms with E-state index >= 15 is 0 Å². The summed E-state index contributed by atoms with van der Waals surface area (Å²) in [4.78, 5) is 13.3. The molecule has 0 atom stereocenters. The van der Waals surface area contributed by atoms with Gasteiger partial charge in [-0.05, 0) is 31.0 Å². The van der Waals surface area contributed by atoms with Gasteiger partial charge in [0.2, 0.25) is 0 Å². The molecule has 0 bridgehead atoms. The maximum Gasteiger partial charge on any atom is 0.337 e. The smallest absolute Gasteiger partial charge is 0.337 e. The van der Waals surface area contributed by atoms with Gasteiger partial charge >= 0.3 is 5.97 Å². The van der Waals surface area contributed by atoms with Crippen LogP contribution in [-0.2, 0) is 0 Å². The summed E-state index contributed by atoms with van der Waals surface area (Å²) in [6.45, 7) is 7.85. The van der Waals surface area contributed by atoms with E-state index in [1.165, 1.54) is 6.07 Å². The lowest BCUT2D eigenvalue weighted by Gasteiger charge is -2.26. The molecule has 1 N–H and O–H groups in total. The van der Waals surface area contributed by atoms with Crippen molar-refractivity contribution in [3.8, 4) is 0 Å². The Labute approximate surface area is 107 Å². The van der Waals surface area contributed by atoms with E-state index in [2.05, 4.69) is 18.7 Å². The van der Waals surface area contributed by atoms with Gasteiger partial charge in [0.1, 0.15) is 0 Å². The second-order valence-electron chi connectivity index (χ2n) is 4.40. The first-order valence-corrected chi connectivity index (χ1v) is 6.11. The van der Waals surface area contributed by atoms with E-state index in [1.807, 2.05) is 6.92 Å². The summed E-state index contributed by atoms with van der Waals surface area (Å²) in [5, 5.41) is 9.63. The fourth-order valence-electron chi connectivity index (χ4n) is 1.79. The number of hydrogen-bond acceptors (Lipinski definition) is 2. The molecule has 0 saturated heterocycles. The molecule has 0 aliphatic heterocycles. The molecule has 0 aliphatic carbocycles. The van der Waals surface area contributed by atoms with Gasteiger partial charge in [0.15, 0.2) is 0 Å². The van der Waals surface area contributed by atoms with Crippen molar-refractivity contribution in [3.63, 3.8) is 0 Å². The lowest BCUT2D eigenvalue weighted by atomic mass is 10.1. The summed E-state index contributed by atoms with van der Waals surface area (Å²) < 4.78 is 0. The molecule has 0 unspecified atom stereocenters. The molecule has 0 radical (unpaired) electrons. The first kappa shape index (κ1) is 13.8. The SMILES string of the molecule is CCN(CC(C)C)c1ccc(Cl)cc1C(=O)O. The molecule has 4 heteroatoms. The Morgan fingerprint density at radius 2 is 2.12 bits per heavy atom. The Balaban J connectivity index is 3.14. The van der Waals surface area contributed by atoms with E-state index in [0.717, 1.165) is 18.8 Å². The zero-order valence-electron chi connectivity index (χ0n) is 10.4. The quantitative estimate of drug-likeness (QED) is 0.875. The third-order valence-corrected chi connectivity index (χ3v) is 2.73. The van der Waals surface area contributed by atoms with Crippen LogP contribution in [0.1, 0.15) is 31.1 Å². The minimum atomic E-state index is -0.940. The van der Waals surface area contributed by atoms with Crippen molar-refractivity contribution in [1.82, 2.24) is 0 Å². The number of rotatable bonds is 5. The molecule has 94 valence electrons. The van der Waals surface area contributed by atoms with Crippen LogP contribution in [0.3, 0.4) is 0 Å². The van der Waals surface area contributed by atoms with Gasteiger partial charge < -0.3 is 10.0 Å². The third kappa shape index (κ3) is 3.63. The normalized spacial score (nSPS) is 10.6. The number of nitrogens with zero attached hydrogens (tertiary/aromatic N) is 1. The molecule has 17 heavy (non-hydrogen) atoms. The molecule has 3 nitrogen and oxygen atoms in total. The standard InChI is InChI=1S/C13H18ClNO2/c1-4-15(8-9(2)3)12-6-5-10(14)7-11(12)13(16)17/h5-7,9H,4,8H2,1-3H3,(H,16,17). The van der Waals surface area contributed by atoms with Gasteiger partial charge in [0.05, 0.1) is 11.3 Å². The van der Waals surface area contributed by atoms with Crippen molar-refractivity contribution in [1.29, 1.82) is 0 Å². The van der Waals surface area contributed by atoms with Crippen LogP contribution in [0, 0.1) is 5.92 Å². The van der Waals surface area contributed by atoms with Crippen molar-refractivity contribution >= 4 is 23.3 Å². The topological polar surface area (TPSA) is 40.5 Å². The fourth-order valence-corrected chi connectivity index (χ4v) is 1.97. The Morgan fingerprint density at radius 3 is 2.59 bits per heavy atom. The molecule has 0 fully saturated rings. The van der Waals surface area contributed by atoms with Crippen molar-refractivity contribution < 1.29 is 9.90 Å². The number of halogens is 1. The van der Waals surface area contributed by atoms with Gasteiger partial charge in [0, 0.05) is 18.1 Å². The number of anilines is 1. The number of aromatic carboxylic acids is 1. The second-order valence-corrected chi connectivity index (χ2v) is 4.84. The zero-order chi connectivity index (χ0) is 13.0. The van der Waals surface area contributed by atoms with Crippen molar-refractivity contribution in [2.24, 2.45) is 5.92 Å². The second kappa shape index (κ2) is 5.92. The first-order valence-electron chi connectivity index (χ1n) is 5.73. The maximum absolute atomic E-state index is 11.2. The highest BCUT2D eigenvalue weighted by Crippen LogP contribution is 2.25. The molecule has 1 aromatic carbocycles. The lowest BCUT2D eigenvalue weighted by molar-refractivity contribution is 0.0697. The molecule has 1 rings (SSSR count). The monoisotopic (exact) mass is 255 g/mol. The van der Waals surface area contributed by atoms with Gasteiger partial charge in [-0.25, -0.2) is 4.79 Å². The first-order chi connectivity index (χ1) is 7.95. The Morgan fingerprint density at radius 1 is 1.47 bits per heavy atom. The van der Waals surface area contributed by atoms with Gasteiger partial charge in [-0.3, -0.25) is 0 Å². The zero-order valence-corrected chi connectivity index (χ0v) is 11.2. The van der Waals surface area contributed by atoms with Crippen molar-refractivity contribution in [3.05, 3.63) is 28.8 Å². The highest BCUT2D eigenvalue weighted by Gasteiger charge is 2.16. The summed E-state index contributed by atoms with van der Waals surface area (Å²) in [6, 6.07) is 5.01. The van der Waals surface area contributed by atoms with E-state index < -0.39 is 5.97 Å². The summed E-state index contributed by atoms with van der Waals surface area (Å²) in [5.74, 6) is -0.461. The van der Waals surface area contributed by atoms with Crippen LogP contribution in [0.15, 0.2) is 18.2 Å². The van der Waals surface area contributed by atoms with E-state index in [1.54, 1.807) is 12.1 Å². The van der Waals surface area contributed by atoms with Crippen LogP contribution in [0.4, 0.5) is 5.69 Å². The van der Waals surface area contributed by atoms with Crippen LogP contribution in [0.2, 0.25) is 5.02 Å². The number of carboxylic acid groups (broad SMARTS) is 1. The van der Waals surface area contributed by atoms with Crippen molar-refractivity contribution in [2.75, 3.05) is 18.0 Å². The van der Waals surface area contributed by atoms with Gasteiger partial charge in [0.25, 0.3) is 0 Å². The van der Waals surface area contributed by atoms with Gasteiger partial charge in [-0.1, -0.05) is 25.4 Å². The van der Waals surface area contributed by atoms with E-state index in [9.17, 15) is 9.90 Å². The highest BCUT2D eigenvalue weighted by molar-refractivity contribution is 6.31. The van der Waals surface area contributed by atoms with Gasteiger partial charge in [-0.15, -0.1) is 0 Å². The molecule has 0 heterocycles. The molecule has 0 saturated carbocycles. The largest absolute Gasteiger partial charge is 0.478 e. The fraction of sp³-hybridized carbons (Fsp3) is 0.462. The molecular formula is C13H18ClNO2. The van der Waals surface area contributed by atoms with E-state index in [4.69, 9.17) is 11.6 Å². The summed E-state index contributed by atoms with van der Waals surface area (Å²) in [6.07, 6.45) is 0. The predicted molar refractivity (Wildman–Crippen MR) is 71.1 cm³/mol. The Kier molecular flexibility index (Phi) is 4.82. The van der Waals surface area contributed by atoms with E-state index in [0.29, 0.717) is 10.9 Å². The van der Waals surface area contributed by atoms with Crippen LogP contribution >= 0.6 is 11.6 Å². The van der Waals surface area contributed by atoms with Gasteiger partial charge in [-0.2, -0.15) is 0 Å². The maximum atomic E-state index is 11.2. The Bertz CT molecular complexity index is 404. The minimum Gasteiger partial charge on any atom is -0.478 e. The number of carbonyl (C=O) groups is 1. The molecule has 1 aromatic rings. The summed E-state index contributed by atoms with van der Waals surface area (Å²) in [7, 11) is 0. The van der Waals surface area contributed by atoms with Crippen molar-refractivity contribution in [2.45, 2.75) is 20.8 Å². The number of hydrogen-bond donors (Lipinski definition) is 1. The number of carboxylic acids is 1. The van der Waals surface area contributed by atoms with Crippen LogP contribution < -0.4 is 4.90 Å². The molecule has 0 aliphatic rings. The average molecular weight is 256 g/mol. The molecule has 0 amide bonds. The number of benzene rings is 1. The Hall–Kier alpha value is -1.22. The lowest BCUT2D eigenvalue weighted by Crippen LogP contribution is -2.28. The summed E-state index contributed by atoms with van der Waals surface area (Å²) >= 11 is 5.83. The third-order valence-electron chi connectivity index (χ3n) is 2.50. The highest BCUT2D eigenvalue weighted by atomic mass is 35.5. The van der Waals surface area contributed by atoms with E-state index in [-0.39, 0.29) is 5.56 Å². The minimum absolute atomic E-state index is 0.264. The summed E-state index contributed by atoms with van der Waals surface area (Å²) in [5.41, 5.74) is 0.998. The van der Waals surface area contributed by atoms with Crippen LogP contribution in [0.25, 0.3) is 0 Å². The van der Waals surface area contributed by atoms with Crippen LogP contribution in [-0.4, -0.2) is 24.2 Å². The van der Waals surface area contributed by atoms with Crippen LogP contribution in [0.5, 0.6) is 0 Å². The molecular weight excluding hydrogens is 238 g/mol. The average Bonchev–Trinajstić information content (AvgIpc) is 2.25. The molecule has 0 spiro atoms. The molecule has 0 aromatic heterocycles. The predicted octanol–water partition coefficient (Wildman–Crippen LogP) is 3.52.